The molecule has 188 valence electrons. The van der Waals surface area contributed by atoms with Gasteiger partial charge in [-0.2, -0.15) is 11.8 Å². The first kappa shape index (κ1) is 27.9. The predicted octanol–water partition coefficient (Wildman–Crippen LogP) is 6.92. The average molecular weight is 568 g/mol. The third-order valence-corrected chi connectivity index (χ3v) is 7.09. The van der Waals surface area contributed by atoms with E-state index in [4.69, 9.17) is 49.4 Å². The summed E-state index contributed by atoms with van der Waals surface area (Å²) in [5.41, 5.74) is 1.18. The molecule has 0 aromatic heterocycles. The highest BCUT2D eigenvalue weighted by atomic mass is 35.5. The number of hydrogen-bond donors (Lipinski definition) is 1. The van der Waals surface area contributed by atoms with E-state index >= 15 is 0 Å². The summed E-state index contributed by atoms with van der Waals surface area (Å²) in [5, 5.41) is 10.2. The number of carboxylic acid groups (broad SMARTS) is 1. The van der Waals surface area contributed by atoms with Crippen LogP contribution in [0.15, 0.2) is 72.8 Å². The highest BCUT2D eigenvalue weighted by Crippen LogP contribution is 2.30. The zero-order valence-electron chi connectivity index (χ0n) is 18.7. The van der Waals surface area contributed by atoms with E-state index in [1.807, 2.05) is 0 Å². The fourth-order valence-corrected chi connectivity index (χ4v) is 4.69. The number of benzene rings is 3. The SMILES string of the molecule is O=C(O)c1ccc(Cl)cc1.O=C(OC[C@H]1CC(OC(=O)c2ccc(Cl)cc2)CS1)c1ccc(Cl)cc1. The Hall–Kier alpha value is -2.71. The first-order chi connectivity index (χ1) is 17.2. The summed E-state index contributed by atoms with van der Waals surface area (Å²) >= 11 is 18.8. The largest absolute Gasteiger partial charge is 0.478 e. The van der Waals surface area contributed by atoms with Crippen LogP contribution in [0.3, 0.4) is 0 Å². The van der Waals surface area contributed by atoms with Gasteiger partial charge in [-0.25, -0.2) is 14.4 Å². The van der Waals surface area contributed by atoms with E-state index in [-0.39, 0.29) is 35.5 Å². The second-order valence-corrected chi connectivity index (χ2v) is 10.3. The van der Waals surface area contributed by atoms with Gasteiger partial charge in [0.05, 0.1) is 16.7 Å². The molecular formula is C26H21Cl3O6S. The van der Waals surface area contributed by atoms with Crippen LogP contribution < -0.4 is 0 Å². The van der Waals surface area contributed by atoms with Crippen LogP contribution in [0.25, 0.3) is 0 Å². The summed E-state index contributed by atoms with van der Waals surface area (Å²) in [5.74, 6) is -1.01. The standard InChI is InChI=1S/C19H16Cl2O4S.C7H5ClO2/c20-14-5-1-12(2-6-14)18(22)24-10-17-9-16(11-26-17)25-19(23)13-3-7-15(21)8-4-13;8-6-3-1-5(2-4-6)7(9)10/h1-8,16-17H,9-11H2;1-4H,(H,9,10)/t16?,17-;/m1./s1. The van der Waals surface area contributed by atoms with Crippen molar-refractivity contribution in [3.05, 3.63) is 105 Å². The fourth-order valence-electron chi connectivity index (χ4n) is 3.11. The van der Waals surface area contributed by atoms with Crippen molar-refractivity contribution in [2.45, 2.75) is 17.8 Å². The Labute approximate surface area is 227 Å². The quantitative estimate of drug-likeness (QED) is 0.323. The van der Waals surface area contributed by atoms with Crippen LogP contribution in [-0.2, 0) is 9.47 Å². The Balaban J connectivity index is 0.000000303. The van der Waals surface area contributed by atoms with Crippen molar-refractivity contribution in [1.82, 2.24) is 0 Å². The van der Waals surface area contributed by atoms with Gasteiger partial charge in [-0.3, -0.25) is 0 Å². The molecule has 0 amide bonds. The van der Waals surface area contributed by atoms with Gasteiger partial charge in [0.15, 0.2) is 0 Å². The summed E-state index contributed by atoms with van der Waals surface area (Å²) in [7, 11) is 0. The minimum absolute atomic E-state index is 0.106. The molecule has 1 N–H and O–H groups in total. The molecule has 1 aliphatic rings. The van der Waals surface area contributed by atoms with Crippen molar-refractivity contribution in [3.63, 3.8) is 0 Å². The Morgan fingerprint density at radius 2 is 1.19 bits per heavy atom. The summed E-state index contributed by atoms with van der Waals surface area (Å²) in [6, 6.07) is 19.2. The van der Waals surface area contributed by atoms with Gasteiger partial charge < -0.3 is 14.6 Å². The Morgan fingerprint density at radius 3 is 1.67 bits per heavy atom. The maximum Gasteiger partial charge on any atom is 0.338 e. The molecule has 0 bridgehead atoms. The molecule has 1 fully saturated rings. The molecule has 3 aromatic carbocycles. The molecule has 10 heteroatoms. The third kappa shape index (κ3) is 8.75. The first-order valence-corrected chi connectivity index (χ1v) is 12.9. The minimum Gasteiger partial charge on any atom is -0.478 e. The van der Waals surface area contributed by atoms with Crippen molar-refractivity contribution in [1.29, 1.82) is 0 Å². The van der Waals surface area contributed by atoms with E-state index in [2.05, 4.69) is 0 Å². The topological polar surface area (TPSA) is 89.9 Å². The molecule has 6 nitrogen and oxygen atoms in total. The molecule has 1 unspecified atom stereocenters. The summed E-state index contributed by atoms with van der Waals surface area (Å²) < 4.78 is 10.9. The lowest BCUT2D eigenvalue weighted by molar-refractivity contribution is 0.0317. The van der Waals surface area contributed by atoms with Crippen LogP contribution >= 0.6 is 46.6 Å². The van der Waals surface area contributed by atoms with E-state index in [0.717, 1.165) is 0 Å². The van der Waals surface area contributed by atoms with Gasteiger partial charge in [-0.05, 0) is 72.8 Å². The maximum atomic E-state index is 12.1. The van der Waals surface area contributed by atoms with Gasteiger partial charge in [-0.15, -0.1) is 0 Å². The molecule has 0 aliphatic carbocycles. The van der Waals surface area contributed by atoms with E-state index < -0.39 is 5.97 Å². The molecule has 1 heterocycles. The third-order valence-electron chi connectivity index (χ3n) is 4.97. The van der Waals surface area contributed by atoms with E-state index in [9.17, 15) is 14.4 Å². The van der Waals surface area contributed by atoms with Crippen LogP contribution in [0, 0.1) is 0 Å². The van der Waals surface area contributed by atoms with Crippen molar-refractivity contribution < 1.29 is 29.0 Å². The van der Waals surface area contributed by atoms with E-state index in [1.54, 1.807) is 72.4 Å². The number of halogens is 3. The summed E-state index contributed by atoms with van der Waals surface area (Å²) in [6.45, 7) is 0.279. The minimum atomic E-state index is -0.934. The van der Waals surface area contributed by atoms with Crippen LogP contribution in [0.4, 0.5) is 0 Å². The van der Waals surface area contributed by atoms with Gasteiger partial charge in [-0.1, -0.05) is 34.8 Å². The van der Waals surface area contributed by atoms with Gasteiger partial charge in [0.2, 0.25) is 0 Å². The number of esters is 2. The number of carboxylic acids is 1. The van der Waals surface area contributed by atoms with Gasteiger partial charge in [0.25, 0.3) is 0 Å². The van der Waals surface area contributed by atoms with Crippen LogP contribution in [0.1, 0.15) is 37.5 Å². The summed E-state index contributed by atoms with van der Waals surface area (Å²) in [6.07, 6.45) is 0.458. The Morgan fingerprint density at radius 1 is 0.750 bits per heavy atom. The lowest BCUT2D eigenvalue weighted by Crippen LogP contribution is -2.20. The fraction of sp³-hybridized carbons (Fsp3) is 0.192. The molecule has 2 atom stereocenters. The Bertz CT molecular complexity index is 1180. The highest BCUT2D eigenvalue weighted by Gasteiger charge is 2.29. The molecule has 0 radical (unpaired) electrons. The molecule has 4 rings (SSSR count). The van der Waals surface area contributed by atoms with Gasteiger partial charge in [0.1, 0.15) is 12.7 Å². The second-order valence-electron chi connectivity index (χ2n) is 7.64. The van der Waals surface area contributed by atoms with E-state index in [1.165, 1.54) is 12.1 Å². The number of aromatic carboxylic acids is 1. The smallest absolute Gasteiger partial charge is 0.338 e. The molecule has 36 heavy (non-hydrogen) atoms. The molecule has 1 aliphatic heterocycles. The lowest BCUT2D eigenvalue weighted by Gasteiger charge is -2.12. The highest BCUT2D eigenvalue weighted by molar-refractivity contribution is 8.00. The van der Waals surface area contributed by atoms with Crippen LogP contribution in [-0.4, -0.2) is 46.7 Å². The van der Waals surface area contributed by atoms with Crippen LogP contribution in [0.5, 0.6) is 0 Å². The number of rotatable bonds is 6. The van der Waals surface area contributed by atoms with Crippen LogP contribution in [0.2, 0.25) is 15.1 Å². The average Bonchev–Trinajstić information content (AvgIpc) is 3.31. The zero-order valence-corrected chi connectivity index (χ0v) is 21.8. The van der Waals surface area contributed by atoms with Gasteiger partial charge in [0, 0.05) is 32.5 Å². The Kier molecular flexibility index (Phi) is 10.5. The van der Waals surface area contributed by atoms with Crippen molar-refractivity contribution in [2.24, 2.45) is 0 Å². The molecule has 0 spiro atoms. The number of thioether (sulfide) groups is 1. The van der Waals surface area contributed by atoms with Crippen molar-refractivity contribution >= 4 is 64.5 Å². The number of ether oxygens (including phenoxy) is 2. The molecule has 0 saturated carbocycles. The normalized spacial score (nSPS) is 16.4. The predicted molar refractivity (Wildman–Crippen MR) is 142 cm³/mol. The monoisotopic (exact) mass is 566 g/mol. The molecule has 1 saturated heterocycles. The first-order valence-electron chi connectivity index (χ1n) is 10.7. The number of carbonyl (C=O) groups is 3. The van der Waals surface area contributed by atoms with Crippen molar-refractivity contribution in [2.75, 3.05) is 12.4 Å². The lowest BCUT2D eigenvalue weighted by atomic mass is 10.2. The molecule has 3 aromatic rings. The number of hydrogen-bond acceptors (Lipinski definition) is 6. The maximum absolute atomic E-state index is 12.1. The van der Waals surface area contributed by atoms with Gasteiger partial charge >= 0.3 is 17.9 Å². The second kappa shape index (κ2) is 13.6. The summed E-state index contributed by atoms with van der Waals surface area (Å²) in [4.78, 5) is 34.4. The van der Waals surface area contributed by atoms with E-state index in [0.29, 0.717) is 38.4 Å². The zero-order chi connectivity index (χ0) is 26.1. The molecular weight excluding hydrogens is 547 g/mol. The number of carbonyl (C=O) groups excluding carboxylic acids is 2. The van der Waals surface area contributed by atoms with Crippen molar-refractivity contribution in [3.8, 4) is 0 Å².